The van der Waals surface area contributed by atoms with Crippen LogP contribution in [-0.2, 0) is 6.18 Å². The molecule has 2 atom stereocenters. The van der Waals surface area contributed by atoms with Crippen molar-refractivity contribution in [2.24, 2.45) is 5.92 Å². The fourth-order valence-corrected chi connectivity index (χ4v) is 2.11. The minimum absolute atomic E-state index is 0. The van der Waals surface area contributed by atoms with Gasteiger partial charge in [0, 0.05) is 12.2 Å². The van der Waals surface area contributed by atoms with Gasteiger partial charge in [0.25, 0.3) is 0 Å². The Morgan fingerprint density at radius 2 is 2.06 bits per heavy atom. The number of halogens is 4. The zero-order chi connectivity index (χ0) is 12.5. The molecular formula is C12H16ClF3N2. The molecule has 0 bridgehead atoms. The second-order valence-corrected chi connectivity index (χ2v) is 4.61. The summed E-state index contributed by atoms with van der Waals surface area (Å²) >= 11 is 0. The summed E-state index contributed by atoms with van der Waals surface area (Å²) in [6, 6.07) is 2.66. The summed E-state index contributed by atoms with van der Waals surface area (Å²) in [4.78, 5) is 3.92. The van der Waals surface area contributed by atoms with Crippen molar-refractivity contribution in [1.29, 1.82) is 0 Å². The third-order valence-electron chi connectivity index (χ3n) is 3.14. The zero-order valence-corrected chi connectivity index (χ0v) is 10.8. The van der Waals surface area contributed by atoms with Crippen LogP contribution >= 0.6 is 12.4 Å². The lowest BCUT2D eigenvalue weighted by atomic mass is 9.92. The molecule has 0 radical (unpaired) electrons. The van der Waals surface area contributed by atoms with Gasteiger partial charge in [-0.1, -0.05) is 6.92 Å². The summed E-state index contributed by atoms with van der Waals surface area (Å²) in [5.74, 6) is 0.588. The topological polar surface area (TPSA) is 24.9 Å². The van der Waals surface area contributed by atoms with Gasteiger partial charge in [0.2, 0.25) is 0 Å². The largest absolute Gasteiger partial charge is 0.417 e. The number of piperidine rings is 1. The molecule has 2 nitrogen and oxygen atoms in total. The Morgan fingerprint density at radius 1 is 1.33 bits per heavy atom. The molecule has 1 N–H and O–H groups in total. The molecule has 1 aromatic rings. The van der Waals surface area contributed by atoms with Gasteiger partial charge in [-0.2, -0.15) is 13.2 Å². The first-order valence-corrected chi connectivity index (χ1v) is 5.73. The maximum Gasteiger partial charge on any atom is 0.417 e. The molecule has 0 aromatic carbocycles. The normalized spacial score (nSPS) is 24.4. The van der Waals surface area contributed by atoms with Crippen LogP contribution in [0.4, 0.5) is 13.2 Å². The van der Waals surface area contributed by atoms with Crippen LogP contribution in [0.5, 0.6) is 0 Å². The second kappa shape index (κ2) is 5.89. The van der Waals surface area contributed by atoms with E-state index in [0.29, 0.717) is 11.6 Å². The van der Waals surface area contributed by atoms with E-state index < -0.39 is 11.7 Å². The van der Waals surface area contributed by atoms with Gasteiger partial charge < -0.3 is 5.32 Å². The summed E-state index contributed by atoms with van der Waals surface area (Å²) in [5.41, 5.74) is 0.00894. The van der Waals surface area contributed by atoms with Crippen LogP contribution in [0.15, 0.2) is 18.3 Å². The maximum atomic E-state index is 12.4. The van der Waals surface area contributed by atoms with Gasteiger partial charge in [0.1, 0.15) is 0 Å². The molecule has 0 amide bonds. The number of nitrogens with one attached hydrogen (secondary N) is 1. The Morgan fingerprint density at radius 3 is 2.56 bits per heavy atom. The van der Waals surface area contributed by atoms with Gasteiger partial charge in [-0.05, 0) is 37.4 Å². The van der Waals surface area contributed by atoms with Crippen molar-refractivity contribution in [2.75, 3.05) is 6.54 Å². The van der Waals surface area contributed by atoms with E-state index in [2.05, 4.69) is 17.2 Å². The number of hydrogen-bond acceptors (Lipinski definition) is 2. The van der Waals surface area contributed by atoms with E-state index in [4.69, 9.17) is 0 Å². The lowest BCUT2D eigenvalue weighted by Gasteiger charge is -2.27. The van der Waals surface area contributed by atoms with Gasteiger partial charge in [-0.25, -0.2) is 0 Å². The van der Waals surface area contributed by atoms with Crippen molar-refractivity contribution in [3.8, 4) is 0 Å². The van der Waals surface area contributed by atoms with Crippen molar-refractivity contribution in [3.05, 3.63) is 29.6 Å². The fraction of sp³-hybridized carbons (Fsp3) is 0.583. The summed E-state index contributed by atoms with van der Waals surface area (Å²) in [5, 5.41) is 3.28. The van der Waals surface area contributed by atoms with Crippen LogP contribution in [0.2, 0.25) is 0 Å². The number of alkyl halides is 3. The van der Waals surface area contributed by atoms with Gasteiger partial charge in [0.05, 0.1) is 11.3 Å². The van der Waals surface area contributed by atoms with Crippen molar-refractivity contribution in [3.63, 3.8) is 0 Å². The Kier molecular flexibility index (Phi) is 4.99. The van der Waals surface area contributed by atoms with E-state index in [1.807, 2.05) is 0 Å². The van der Waals surface area contributed by atoms with E-state index in [9.17, 15) is 13.2 Å². The highest BCUT2D eigenvalue weighted by Gasteiger charge is 2.31. The van der Waals surface area contributed by atoms with Crippen LogP contribution in [0.25, 0.3) is 0 Å². The second-order valence-electron chi connectivity index (χ2n) is 4.61. The third-order valence-corrected chi connectivity index (χ3v) is 3.14. The molecule has 1 aliphatic rings. The standard InChI is InChI=1S/C12H15F3N2.ClH/c1-8-4-5-16-11(6-8)10-3-2-9(7-17-10)12(13,14)15;/h2-3,7-8,11,16H,4-6H2,1H3;1H/t8-,11?;/m1./s1. The van der Waals surface area contributed by atoms with Crippen LogP contribution in [0.3, 0.4) is 0 Å². The smallest absolute Gasteiger partial charge is 0.309 e. The van der Waals surface area contributed by atoms with Crippen LogP contribution in [0.1, 0.15) is 37.1 Å². The number of pyridine rings is 1. The molecule has 18 heavy (non-hydrogen) atoms. The first kappa shape index (κ1) is 15.2. The third kappa shape index (κ3) is 3.59. The number of nitrogens with zero attached hydrogens (tertiary/aromatic N) is 1. The van der Waals surface area contributed by atoms with Crippen molar-refractivity contribution >= 4 is 12.4 Å². The quantitative estimate of drug-likeness (QED) is 0.850. The highest BCUT2D eigenvalue weighted by Crippen LogP contribution is 2.30. The molecule has 0 spiro atoms. The molecule has 1 fully saturated rings. The number of hydrogen-bond donors (Lipinski definition) is 1. The molecule has 1 aromatic heterocycles. The predicted molar refractivity (Wildman–Crippen MR) is 65.6 cm³/mol. The number of rotatable bonds is 1. The molecule has 0 saturated carbocycles. The molecular weight excluding hydrogens is 265 g/mol. The van der Waals surface area contributed by atoms with Crippen LogP contribution < -0.4 is 5.32 Å². The predicted octanol–water partition coefficient (Wildman–Crippen LogP) is 3.58. The average molecular weight is 281 g/mol. The minimum atomic E-state index is -4.31. The zero-order valence-electron chi connectivity index (χ0n) is 10.00. The van der Waals surface area contributed by atoms with Gasteiger partial charge in [0.15, 0.2) is 0 Å². The molecule has 102 valence electrons. The summed E-state index contributed by atoms with van der Waals surface area (Å²) in [6.07, 6.45) is -1.36. The van der Waals surface area contributed by atoms with Crippen LogP contribution in [-0.4, -0.2) is 11.5 Å². The highest BCUT2D eigenvalue weighted by molar-refractivity contribution is 5.85. The molecule has 0 aliphatic carbocycles. The SMILES string of the molecule is C[C@@H]1CCNC(c2ccc(C(F)(F)F)cn2)C1.Cl. The van der Waals surface area contributed by atoms with E-state index in [0.717, 1.165) is 31.6 Å². The monoisotopic (exact) mass is 280 g/mol. The molecule has 1 aliphatic heterocycles. The van der Waals surface area contributed by atoms with Crippen LogP contribution in [0, 0.1) is 5.92 Å². The first-order valence-electron chi connectivity index (χ1n) is 5.73. The Hall–Kier alpha value is -0.810. The number of aromatic nitrogens is 1. The first-order chi connectivity index (χ1) is 7.97. The Labute approximate surface area is 110 Å². The summed E-state index contributed by atoms with van der Waals surface area (Å²) < 4.78 is 37.1. The Balaban J connectivity index is 0.00000162. The van der Waals surface area contributed by atoms with E-state index in [1.165, 1.54) is 6.07 Å². The average Bonchev–Trinajstić information content (AvgIpc) is 2.28. The molecule has 6 heteroatoms. The van der Waals surface area contributed by atoms with Crippen molar-refractivity contribution < 1.29 is 13.2 Å². The van der Waals surface area contributed by atoms with E-state index >= 15 is 0 Å². The van der Waals surface area contributed by atoms with Crippen molar-refractivity contribution in [2.45, 2.75) is 32.0 Å². The lowest BCUT2D eigenvalue weighted by Crippen LogP contribution is -2.31. The van der Waals surface area contributed by atoms with Gasteiger partial charge in [-0.3, -0.25) is 4.98 Å². The molecule has 1 unspecified atom stereocenters. The highest BCUT2D eigenvalue weighted by atomic mass is 35.5. The van der Waals surface area contributed by atoms with E-state index in [1.54, 1.807) is 0 Å². The summed E-state index contributed by atoms with van der Waals surface area (Å²) in [7, 11) is 0. The summed E-state index contributed by atoms with van der Waals surface area (Å²) in [6.45, 7) is 3.05. The molecule has 2 rings (SSSR count). The van der Waals surface area contributed by atoms with Gasteiger partial charge in [-0.15, -0.1) is 12.4 Å². The lowest BCUT2D eigenvalue weighted by molar-refractivity contribution is -0.137. The van der Waals surface area contributed by atoms with Gasteiger partial charge >= 0.3 is 6.18 Å². The van der Waals surface area contributed by atoms with Crippen molar-refractivity contribution in [1.82, 2.24) is 10.3 Å². The van der Waals surface area contributed by atoms with E-state index in [-0.39, 0.29) is 18.4 Å². The maximum absolute atomic E-state index is 12.4. The Bertz CT molecular complexity index is 378. The molecule has 1 saturated heterocycles. The minimum Gasteiger partial charge on any atom is -0.309 e. The fourth-order valence-electron chi connectivity index (χ4n) is 2.11. The molecule has 2 heterocycles.